The lowest BCUT2D eigenvalue weighted by molar-refractivity contribution is -0.120. The molecule has 0 aliphatic heterocycles. The Morgan fingerprint density at radius 2 is 2.20 bits per heavy atom. The lowest BCUT2D eigenvalue weighted by Crippen LogP contribution is -2.18. The van der Waals surface area contributed by atoms with Crippen molar-refractivity contribution in [3.63, 3.8) is 0 Å². The van der Waals surface area contributed by atoms with E-state index in [0.717, 1.165) is 14.6 Å². The van der Waals surface area contributed by atoms with Crippen LogP contribution in [0.1, 0.15) is 6.92 Å². The number of carbonyl (C=O) groups is 1. The summed E-state index contributed by atoms with van der Waals surface area (Å²) in [5.41, 5.74) is 0.739. The molecule has 0 bridgehead atoms. The molecule has 0 heterocycles. The van der Waals surface area contributed by atoms with E-state index in [4.69, 9.17) is 4.74 Å². The number of halogens is 2. The molecule has 0 saturated carbocycles. The summed E-state index contributed by atoms with van der Waals surface area (Å²) in [7, 11) is 0. The smallest absolute Gasteiger partial charge is 0.250 e. The summed E-state index contributed by atoms with van der Waals surface area (Å²) in [5.74, 6) is -0.153. The number of hydrogen-bond donors (Lipinski definition) is 1. The third-order valence-electron chi connectivity index (χ3n) is 1.64. The first-order valence-electron chi connectivity index (χ1n) is 4.46. The molecule has 1 amide bonds. The topological polar surface area (TPSA) is 38.3 Å². The molecule has 1 rings (SSSR count). The van der Waals surface area contributed by atoms with Crippen LogP contribution in [0.5, 0.6) is 0 Å². The van der Waals surface area contributed by atoms with Crippen molar-refractivity contribution in [3.8, 4) is 0 Å². The van der Waals surface area contributed by atoms with E-state index in [-0.39, 0.29) is 12.5 Å². The number of anilines is 1. The molecule has 15 heavy (non-hydrogen) atoms. The highest BCUT2D eigenvalue weighted by atomic mass is 79.9. The van der Waals surface area contributed by atoms with Gasteiger partial charge in [0.2, 0.25) is 5.91 Å². The second kappa shape index (κ2) is 6.25. The summed E-state index contributed by atoms with van der Waals surface area (Å²) in [6.07, 6.45) is 0. The summed E-state index contributed by atoms with van der Waals surface area (Å²) >= 11 is 6.70. The number of nitrogens with one attached hydrogen (secondary N) is 1. The van der Waals surface area contributed by atoms with E-state index in [0.29, 0.717) is 6.61 Å². The first-order valence-corrected chi connectivity index (χ1v) is 6.04. The van der Waals surface area contributed by atoms with E-state index >= 15 is 0 Å². The van der Waals surface area contributed by atoms with Crippen molar-refractivity contribution in [1.82, 2.24) is 0 Å². The standard InChI is InChI=1S/C10H11Br2NO2/c1-2-15-6-10(14)13-9-4-3-7(11)5-8(9)12/h3-5H,2,6H2,1H3,(H,13,14). The van der Waals surface area contributed by atoms with Crippen molar-refractivity contribution in [1.29, 1.82) is 0 Å². The number of benzene rings is 1. The van der Waals surface area contributed by atoms with E-state index in [2.05, 4.69) is 37.2 Å². The number of rotatable bonds is 4. The molecule has 0 atom stereocenters. The van der Waals surface area contributed by atoms with Gasteiger partial charge in [0, 0.05) is 15.6 Å². The average Bonchev–Trinajstić information content (AvgIpc) is 2.19. The Bertz CT molecular complexity index is 355. The van der Waals surface area contributed by atoms with Gasteiger partial charge < -0.3 is 10.1 Å². The van der Waals surface area contributed by atoms with Gasteiger partial charge in [0.1, 0.15) is 6.61 Å². The Labute approximate surface area is 105 Å². The van der Waals surface area contributed by atoms with E-state index in [1.54, 1.807) is 0 Å². The molecule has 0 saturated heterocycles. The summed E-state index contributed by atoms with van der Waals surface area (Å²) in [6, 6.07) is 5.55. The number of carbonyl (C=O) groups excluding carboxylic acids is 1. The minimum absolute atomic E-state index is 0.0823. The van der Waals surface area contributed by atoms with Crippen molar-refractivity contribution >= 4 is 43.5 Å². The minimum atomic E-state index is -0.153. The van der Waals surface area contributed by atoms with Crippen LogP contribution in [0.15, 0.2) is 27.1 Å². The van der Waals surface area contributed by atoms with Crippen molar-refractivity contribution < 1.29 is 9.53 Å². The third kappa shape index (κ3) is 4.32. The molecule has 1 aromatic rings. The molecule has 0 aromatic heterocycles. The van der Waals surface area contributed by atoms with Gasteiger partial charge in [-0.15, -0.1) is 0 Å². The highest BCUT2D eigenvalue weighted by Gasteiger charge is 2.05. The van der Waals surface area contributed by atoms with Crippen LogP contribution in [0, 0.1) is 0 Å². The second-order valence-corrected chi connectivity index (χ2v) is 4.58. The van der Waals surface area contributed by atoms with Crippen LogP contribution in [0.25, 0.3) is 0 Å². The van der Waals surface area contributed by atoms with Gasteiger partial charge in [-0.2, -0.15) is 0 Å². The predicted octanol–water partition coefficient (Wildman–Crippen LogP) is 3.19. The van der Waals surface area contributed by atoms with Crippen LogP contribution in [0.3, 0.4) is 0 Å². The summed E-state index contributed by atoms with van der Waals surface area (Å²) < 4.78 is 6.79. The van der Waals surface area contributed by atoms with Crippen molar-refractivity contribution in [2.45, 2.75) is 6.92 Å². The SMILES string of the molecule is CCOCC(=O)Nc1ccc(Br)cc1Br. The van der Waals surface area contributed by atoms with Crippen molar-refractivity contribution in [2.75, 3.05) is 18.5 Å². The lowest BCUT2D eigenvalue weighted by Gasteiger charge is -2.07. The molecule has 0 unspecified atom stereocenters. The Balaban J connectivity index is 2.60. The van der Waals surface area contributed by atoms with Crippen molar-refractivity contribution in [2.24, 2.45) is 0 Å². The Morgan fingerprint density at radius 1 is 1.47 bits per heavy atom. The van der Waals surface area contributed by atoms with Gasteiger partial charge in [0.05, 0.1) is 5.69 Å². The molecule has 0 aliphatic carbocycles. The van der Waals surface area contributed by atoms with Crippen LogP contribution >= 0.6 is 31.9 Å². The van der Waals surface area contributed by atoms with E-state index in [1.807, 2.05) is 25.1 Å². The lowest BCUT2D eigenvalue weighted by atomic mass is 10.3. The summed E-state index contributed by atoms with van der Waals surface area (Å²) in [5, 5.41) is 2.74. The fraction of sp³-hybridized carbons (Fsp3) is 0.300. The first kappa shape index (κ1) is 12.7. The highest BCUT2D eigenvalue weighted by Crippen LogP contribution is 2.25. The fourth-order valence-electron chi connectivity index (χ4n) is 0.972. The van der Waals surface area contributed by atoms with Gasteiger partial charge in [-0.05, 0) is 41.1 Å². The van der Waals surface area contributed by atoms with Crippen LogP contribution in [-0.4, -0.2) is 19.1 Å². The van der Waals surface area contributed by atoms with Gasteiger partial charge in [0.25, 0.3) is 0 Å². The van der Waals surface area contributed by atoms with Crippen LogP contribution < -0.4 is 5.32 Å². The second-order valence-electron chi connectivity index (χ2n) is 2.81. The molecule has 0 aliphatic rings. The Kier molecular flexibility index (Phi) is 5.28. The Hall–Kier alpha value is -0.390. The van der Waals surface area contributed by atoms with Gasteiger partial charge in [0.15, 0.2) is 0 Å². The first-order chi connectivity index (χ1) is 7.13. The normalized spacial score (nSPS) is 10.1. The predicted molar refractivity (Wildman–Crippen MR) is 67.0 cm³/mol. The molecular formula is C10H11Br2NO2. The maximum Gasteiger partial charge on any atom is 0.250 e. The van der Waals surface area contributed by atoms with Gasteiger partial charge in [-0.3, -0.25) is 4.79 Å². The van der Waals surface area contributed by atoms with Crippen LogP contribution in [-0.2, 0) is 9.53 Å². The molecule has 1 N–H and O–H groups in total. The largest absolute Gasteiger partial charge is 0.372 e. The van der Waals surface area contributed by atoms with Gasteiger partial charge in [-0.1, -0.05) is 15.9 Å². The molecule has 0 radical (unpaired) electrons. The van der Waals surface area contributed by atoms with Gasteiger partial charge in [-0.25, -0.2) is 0 Å². The van der Waals surface area contributed by atoms with Crippen LogP contribution in [0.4, 0.5) is 5.69 Å². The maximum atomic E-state index is 11.3. The molecule has 3 nitrogen and oxygen atoms in total. The minimum Gasteiger partial charge on any atom is -0.372 e. The quantitative estimate of drug-likeness (QED) is 0.917. The van der Waals surface area contributed by atoms with Gasteiger partial charge >= 0.3 is 0 Å². The van der Waals surface area contributed by atoms with Crippen molar-refractivity contribution in [3.05, 3.63) is 27.1 Å². The summed E-state index contributed by atoms with van der Waals surface area (Å²) in [6.45, 7) is 2.47. The summed E-state index contributed by atoms with van der Waals surface area (Å²) in [4.78, 5) is 11.3. The molecule has 5 heteroatoms. The number of hydrogen-bond acceptors (Lipinski definition) is 2. The van der Waals surface area contributed by atoms with E-state index in [9.17, 15) is 4.79 Å². The maximum absolute atomic E-state index is 11.3. The zero-order valence-corrected chi connectivity index (χ0v) is 11.4. The zero-order chi connectivity index (χ0) is 11.3. The molecule has 0 fully saturated rings. The molecule has 1 aromatic carbocycles. The fourth-order valence-corrected chi connectivity index (χ4v) is 2.12. The zero-order valence-electron chi connectivity index (χ0n) is 8.22. The Morgan fingerprint density at radius 3 is 2.80 bits per heavy atom. The third-order valence-corrected chi connectivity index (χ3v) is 2.79. The van der Waals surface area contributed by atoms with E-state index < -0.39 is 0 Å². The molecular weight excluding hydrogens is 326 g/mol. The highest BCUT2D eigenvalue weighted by molar-refractivity contribution is 9.11. The van der Waals surface area contributed by atoms with E-state index in [1.165, 1.54) is 0 Å². The molecule has 82 valence electrons. The molecule has 0 spiro atoms. The monoisotopic (exact) mass is 335 g/mol. The van der Waals surface area contributed by atoms with Crippen LogP contribution in [0.2, 0.25) is 0 Å². The number of amides is 1. The number of ether oxygens (including phenoxy) is 1. The average molecular weight is 337 g/mol.